The molecular formula is C16H15NO5. The van der Waals surface area contributed by atoms with Crippen LogP contribution in [0.25, 0.3) is 0 Å². The van der Waals surface area contributed by atoms with Gasteiger partial charge >= 0.3 is 0 Å². The van der Waals surface area contributed by atoms with Gasteiger partial charge < -0.3 is 9.84 Å². The number of rotatable bonds is 3. The number of ketones is 1. The van der Waals surface area contributed by atoms with Crippen LogP contribution in [0.5, 0.6) is 11.5 Å². The predicted molar refractivity (Wildman–Crippen MR) is 79.8 cm³/mol. The number of hydrogen-bond donors (Lipinski definition) is 1. The van der Waals surface area contributed by atoms with Crippen LogP contribution in [0.1, 0.15) is 33.3 Å². The molecule has 0 aliphatic carbocycles. The number of Topliss-reactive ketones (excluding diaryl/α,β-unsaturated/α-hetero) is 1. The number of ether oxygens (including phenoxy) is 1. The molecule has 2 rings (SSSR count). The maximum absolute atomic E-state index is 12.5. The fraction of sp³-hybridized carbons (Fsp3) is 0.188. The lowest BCUT2D eigenvalue weighted by Crippen LogP contribution is -2.32. The summed E-state index contributed by atoms with van der Waals surface area (Å²) in [7, 11) is 1.50. The molecule has 1 aromatic heterocycles. The van der Waals surface area contributed by atoms with E-state index in [9.17, 15) is 19.5 Å². The highest BCUT2D eigenvalue weighted by Crippen LogP contribution is 2.17. The molecule has 1 aromatic carbocycles. The lowest BCUT2D eigenvalue weighted by atomic mass is 10.1. The molecule has 2 aromatic rings. The van der Waals surface area contributed by atoms with Crippen molar-refractivity contribution in [3.8, 4) is 11.5 Å². The molecule has 6 nitrogen and oxygen atoms in total. The first-order chi connectivity index (χ1) is 10.4. The predicted octanol–water partition coefficient (Wildman–Crippen LogP) is 1.76. The molecule has 0 radical (unpaired) electrons. The van der Waals surface area contributed by atoms with Crippen LogP contribution >= 0.6 is 0 Å². The maximum atomic E-state index is 12.5. The first-order valence-corrected chi connectivity index (χ1v) is 6.52. The fourth-order valence-electron chi connectivity index (χ4n) is 2.16. The second-order valence-corrected chi connectivity index (χ2v) is 4.78. The van der Waals surface area contributed by atoms with E-state index in [0.717, 1.165) is 11.5 Å². The Kier molecular flexibility index (Phi) is 4.12. The van der Waals surface area contributed by atoms with Gasteiger partial charge in [-0.2, -0.15) is 0 Å². The number of aromatic nitrogens is 1. The van der Waals surface area contributed by atoms with Crippen LogP contribution < -0.4 is 10.3 Å². The number of carbonyl (C=O) groups excluding carboxylic acids is 2. The van der Waals surface area contributed by atoms with Crippen molar-refractivity contribution < 1.29 is 19.4 Å². The summed E-state index contributed by atoms with van der Waals surface area (Å²) in [5, 5.41) is 9.73. The highest BCUT2D eigenvalue weighted by molar-refractivity contribution is 6.00. The average molecular weight is 301 g/mol. The fourth-order valence-corrected chi connectivity index (χ4v) is 2.16. The number of nitrogens with zero attached hydrogens (tertiary/aromatic N) is 1. The summed E-state index contributed by atoms with van der Waals surface area (Å²) in [5.41, 5.74) is -0.710. The number of pyridine rings is 1. The Morgan fingerprint density at radius 1 is 1.18 bits per heavy atom. The van der Waals surface area contributed by atoms with E-state index >= 15 is 0 Å². The van der Waals surface area contributed by atoms with Gasteiger partial charge in [-0.15, -0.1) is 0 Å². The molecule has 0 atom stereocenters. The lowest BCUT2D eigenvalue weighted by Gasteiger charge is -2.11. The Morgan fingerprint density at radius 2 is 1.77 bits per heavy atom. The Balaban J connectivity index is 2.60. The number of benzene rings is 1. The standard InChI is InChI=1S/C16H15NO5/c1-9-8-13(19)14(10(2)18)16(21)17(9)15(20)11-4-6-12(22-3)7-5-11/h4-8,19H,1-3H3. The number of methoxy groups -OCH3 is 1. The first kappa shape index (κ1) is 15.5. The van der Waals surface area contributed by atoms with Gasteiger partial charge in [0.1, 0.15) is 17.1 Å². The molecule has 0 aliphatic heterocycles. The van der Waals surface area contributed by atoms with E-state index in [1.54, 1.807) is 12.1 Å². The van der Waals surface area contributed by atoms with Gasteiger partial charge in [0, 0.05) is 17.3 Å². The molecule has 22 heavy (non-hydrogen) atoms. The number of hydrogen-bond acceptors (Lipinski definition) is 5. The minimum Gasteiger partial charge on any atom is -0.507 e. The molecule has 0 amide bonds. The Hall–Kier alpha value is -2.89. The monoisotopic (exact) mass is 301 g/mol. The average Bonchev–Trinajstić information content (AvgIpc) is 2.46. The van der Waals surface area contributed by atoms with Crippen LogP contribution in [-0.4, -0.2) is 28.5 Å². The van der Waals surface area contributed by atoms with Gasteiger partial charge in [-0.05, 0) is 38.1 Å². The van der Waals surface area contributed by atoms with E-state index in [2.05, 4.69) is 0 Å². The van der Waals surface area contributed by atoms with Crippen molar-refractivity contribution in [2.24, 2.45) is 0 Å². The number of carbonyl (C=O) groups is 2. The smallest absolute Gasteiger partial charge is 0.272 e. The van der Waals surface area contributed by atoms with Crippen LogP contribution in [0.2, 0.25) is 0 Å². The second kappa shape index (κ2) is 5.85. The van der Waals surface area contributed by atoms with E-state index in [4.69, 9.17) is 4.74 Å². The summed E-state index contributed by atoms with van der Waals surface area (Å²) >= 11 is 0. The van der Waals surface area contributed by atoms with E-state index in [-0.39, 0.29) is 11.3 Å². The van der Waals surface area contributed by atoms with Crippen molar-refractivity contribution in [1.29, 1.82) is 0 Å². The van der Waals surface area contributed by atoms with Crippen LogP contribution in [0.15, 0.2) is 35.1 Å². The Labute approximate surface area is 126 Å². The van der Waals surface area contributed by atoms with Crippen molar-refractivity contribution in [3.63, 3.8) is 0 Å². The molecule has 0 saturated carbocycles. The van der Waals surface area contributed by atoms with Crippen molar-refractivity contribution in [3.05, 3.63) is 57.5 Å². The normalized spacial score (nSPS) is 10.3. The van der Waals surface area contributed by atoms with E-state index in [1.807, 2.05) is 0 Å². The van der Waals surface area contributed by atoms with Gasteiger partial charge in [0.15, 0.2) is 5.78 Å². The summed E-state index contributed by atoms with van der Waals surface area (Å²) in [6, 6.07) is 7.46. The van der Waals surface area contributed by atoms with Gasteiger partial charge in [0.05, 0.1) is 7.11 Å². The Bertz CT molecular complexity index is 803. The van der Waals surface area contributed by atoms with Gasteiger partial charge in [0.2, 0.25) is 0 Å². The molecule has 1 N–H and O–H groups in total. The van der Waals surface area contributed by atoms with Crippen LogP contribution in [0, 0.1) is 6.92 Å². The number of aryl methyl sites for hydroxylation is 1. The van der Waals surface area contributed by atoms with Crippen molar-refractivity contribution in [1.82, 2.24) is 4.57 Å². The molecule has 0 saturated heterocycles. The van der Waals surface area contributed by atoms with Gasteiger partial charge in [-0.25, -0.2) is 4.57 Å². The van der Waals surface area contributed by atoms with Crippen LogP contribution in [0.4, 0.5) is 0 Å². The van der Waals surface area contributed by atoms with Crippen molar-refractivity contribution in [2.45, 2.75) is 13.8 Å². The molecule has 1 heterocycles. The highest BCUT2D eigenvalue weighted by atomic mass is 16.5. The largest absolute Gasteiger partial charge is 0.507 e. The molecule has 0 spiro atoms. The molecule has 6 heteroatoms. The van der Waals surface area contributed by atoms with Crippen LogP contribution in [0.3, 0.4) is 0 Å². The van der Waals surface area contributed by atoms with E-state index in [0.29, 0.717) is 5.75 Å². The van der Waals surface area contributed by atoms with Gasteiger partial charge in [-0.1, -0.05) is 0 Å². The summed E-state index contributed by atoms with van der Waals surface area (Å²) < 4.78 is 5.88. The minimum absolute atomic E-state index is 0.244. The molecule has 0 unspecified atom stereocenters. The maximum Gasteiger partial charge on any atom is 0.272 e. The summed E-state index contributed by atoms with van der Waals surface area (Å²) in [4.78, 5) is 36.3. The second-order valence-electron chi connectivity index (χ2n) is 4.78. The molecule has 0 aliphatic rings. The van der Waals surface area contributed by atoms with E-state index < -0.39 is 28.6 Å². The van der Waals surface area contributed by atoms with Gasteiger partial charge in [-0.3, -0.25) is 14.4 Å². The Morgan fingerprint density at radius 3 is 2.27 bits per heavy atom. The molecule has 0 bridgehead atoms. The summed E-state index contributed by atoms with van der Waals surface area (Å²) in [6.45, 7) is 2.67. The third kappa shape index (κ3) is 2.63. The zero-order valence-electron chi connectivity index (χ0n) is 12.4. The third-order valence-corrected chi connectivity index (χ3v) is 3.26. The zero-order chi connectivity index (χ0) is 16.4. The van der Waals surface area contributed by atoms with Gasteiger partial charge in [0.25, 0.3) is 11.5 Å². The quantitative estimate of drug-likeness (QED) is 0.873. The molecule has 114 valence electrons. The van der Waals surface area contributed by atoms with Crippen LogP contribution in [-0.2, 0) is 0 Å². The SMILES string of the molecule is COc1ccc(C(=O)n2c(C)cc(O)c(C(C)=O)c2=O)cc1. The van der Waals surface area contributed by atoms with E-state index in [1.165, 1.54) is 32.2 Å². The summed E-state index contributed by atoms with van der Waals surface area (Å²) in [5.74, 6) is -1.02. The highest BCUT2D eigenvalue weighted by Gasteiger charge is 2.20. The molecular weight excluding hydrogens is 286 g/mol. The molecule has 0 fully saturated rings. The number of aromatic hydroxyl groups is 1. The van der Waals surface area contributed by atoms with Crippen molar-refractivity contribution >= 4 is 11.7 Å². The lowest BCUT2D eigenvalue weighted by molar-refractivity contribution is 0.0952. The topological polar surface area (TPSA) is 85.6 Å². The summed E-state index contributed by atoms with van der Waals surface area (Å²) in [6.07, 6.45) is 0. The van der Waals surface area contributed by atoms with Crippen molar-refractivity contribution in [2.75, 3.05) is 7.11 Å². The third-order valence-electron chi connectivity index (χ3n) is 3.26. The zero-order valence-corrected chi connectivity index (χ0v) is 12.4. The minimum atomic E-state index is -0.828. The first-order valence-electron chi connectivity index (χ1n) is 6.52.